The number of pyridine rings is 1. The molecule has 4 rings (SSSR count). The largest absolute Gasteiger partial charge is 0.507 e. The Labute approximate surface area is 203 Å². The van der Waals surface area contributed by atoms with Gasteiger partial charge in [0.1, 0.15) is 17.5 Å². The second-order valence-corrected chi connectivity index (χ2v) is 8.55. The Morgan fingerprint density at radius 2 is 1.97 bits per heavy atom. The van der Waals surface area contributed by atoms with E-state index in [0.717, 1.165) is 13.1 Å². The lowest BCUT2D eigenvalue weighted by Gasteiger charge is -2.30. The molecule has 1 atom stereocenters. The summed E-state index contributed by atoms with van der Waals surface area (Å²) in [6.07, 6.45) is 1.59. The molecule has 4 heterocycles. The number of likely N-dealkylation sites (tertiary alicyclic amines) is 1. The standard InChI is InChI=1S/C25H30N4O6/c1-4-35-25(33)20-15(2)18(16(3)27-20)22(30)19-21(17-7-5-6-8-26-17)29(24(32)23(19)31)10-9-28-11-13-34-14-12-28/h5-8,21,27,30H,4,9-14H2,1-3H3/b22-19+. The molecule has 2 aromatic heterocycles. The van der Waals surface area contributed by atoms with Crippen LogP contribution in [0.25, 0.3) is 5.76 Å². The highest BCUT2D eigenvalue weighted by Gasteiger charge is 2.47. The number of carbonyl (C=O) groups is 3. The molecule has 10 heteroatoms. The zero-order chi connectivity index (χ0) is 25.1. The van der Waals surface area contributed by atoms with Gasteiger partial charge in [-0.1, -0.05) is 6.07 Å². The number of aliphatic hydroxyl groups is 1. The molecule has 2 fully saturated rings. The number of nitrogens with one attached hydrogen (secondary N) is 1. The van der Waals surface area contributed by atoms with Gasteiger partial charge in [0.05, 0.1) is 31.1 Å². The number of aliphatic hydroxyl groups excluding tert-OH is 1. The van der Waals surface area contributed by atoms with E-state index in [4.69, 9.17) is 9.47 Å². The van der Waals surface area contributed by atoms with Gasteiger partial charge in [-0.25, -0.2) is 4.79 Å². The van der Waals surface area contributed by atoms with Crippen molar-refractivity contribution in [1.29, 1.82) is 0 Å². The van der Waals surface area contributed by atoms with Crippen LogP contribution in [0.2, 0.25) is 0 Å². The van der Waals surface area contributed by atoms with E-state index in [-0.39, 0.29) is 23.6 Å². The van der Waals surface area contributed by atoms with Crippen LogP contribution in [0, 0.1) is 13.8 Å². The summed E-state index contributed by atoms with van der Waals surface area (Å²) < 4.78 is 10.5. The number of ketones is 1. The van der Waals surface area contributed by atoms with Crippen LogP contribution < -0.4 is 0 Å². The Balaban J connectivity index is 1.77. The number of H-pyrrole nitrogens is 1. The number of carbonyl (C=O) groups excluding carboxylic acids is 3. The second-order valence-electron chi connectivity index (χ2n) is 8.55. The highest BCUT2D eigenvalue weighted by Crippen LogP contribution is 2.40. The van der Waals surface area contributed by atoms with Crippen LogP contribution in [-0.4, -0.2) is 88.5 Å². The SMILES string of the molecule is CCOC(=O)c1[nH]c(C)c(/C(O)=C2\C(=O)C(=O)N(CCN3CCOCC3)C2c2ccccn2)c1C. The van der Waals surface area contributed by atoms with Crippen molar-refractivity contribution in [3.63, 3.8) is 0 Å². The molecule has 35 heavy (non-hydrogen) atoms. The fourth-order valence-corrected chi connectivity index (χ4v) is 4.68. The average Bonchev–Trinajstić information content (AvgIpc) is 3.30. The van der Waals surface area contributed by atoms with Gasteiger partial charge < -0.3 is 24.5 Å². The summed E-state index contributed by atoms with van der Waals surface area (Å²) >= 11 is 0. The number of aryl methyl sites for hydroxylation is 1. The lowest BCUT2D eigenvalue weighted by atomic mass is 9.96. The summed E-state index contributed by atoms with van der Waals surface area (Å²) in [4.78, 5) is 49.8. The molecule has 0 radical (unpaired) electrons. The number of esters is 1. The smallest absolute Gasteiger partial charge is 0.355 e. The maximum absolute atomic E-state index is 13.3. The first-order valence-corrected chi connectivity index (χ1v) is 11.7. The topological polar surface area (TPSA) is 125 Å². The van der Waals surface area contributed by atoms with Gasteiger partial charge in [0.2, 0.25) is 0 Å². The van der Waals surface area contributed by atoms with E-state index in [9.17, 15) is 19.5 Å². The van der Waals surface area contributed by atoms with Crippen molar-refractivity contribution in [3.8, 4) is 0 Å². The van der Waals surface area contributed by atoms with Gasteiger partial charge in [0.25, 0.3) is 11.7 Å². The second kappa shape index (κ2) is 10.4. The molecule has 10 nitrogen and oxygen atoms in total. The third-order valence-corrected chi connectivity index (χ3v) is 6.42. The number of aromatic nitrogens is 2. The number of Topliss-reactive ketones (excluding diaryl/α,β-unsaturated/α-hetero) is 1. The first kappa shape index (κ1) is 24.6. The normalized spacial score (nSPS) is 20.4. The van der Waals surface area contributed by atoms with Gasteiger partial charge in [-0.3, -0.25) is 19.5 Å². The predicted octanol–water partition coefficient (Wildman–Crippen LogP) is 1.96. The summed E-state index contributed by atoms with van der Waals surface area (Å²) in [5.74, 6) is -2.36. The minimum absolute atomic E-state index is 0.0451. The maximum atomic E-state index is 13.3. The first-order chi connectivity index (χ1) is 16.8. The summed E-state index contributed by atoms with van der Waals surface area (Å²) in [6, 6.07) is 4.40. The Hall–Kier alpha value is -3.50. The van der Waals surface area contributed by atoms with Crippen LogP contribution in [-0.2, 0) is 19.1 Å². The van der Waals surface area contributed by atoms with Gasteiger partial charge in [0.15, 0.2) is 0 Å². The number of hydrogen-bond donors (Lipinski definition) is 2. The number of morpholine rings is 1. The monoisotopic (exact) mass is 482 g/mol. The molecule has 0 saturated carbocycles. The summed E-state index contributed by atoms with van der Waals surface area (Å²) in [6.45, 7) is 8.85. The molecule has 2 aliphatic rings. The van der Waals surface area contributed by atoms with Gasteiger partial charge in [-0.15, -0.1) is 0 Å². The predicted molar refractivity (Wildman–Crippen MR) is 127 cm³/mol. The Kier molecular flexibility index (Phi) is 7.32. The molecule has 2 aliphatic heterocycles. The van der Waals surface area contributed by atoms with E-state index < -0.39 is 23.7 Å². The van der Waals surface area contributed by atoms with Crippen molar-refractivity contribution >= 4 is 23.4 Å². The van der Waals surface area contributed by atoms with E-state index in [2.05, 4.69) is 14.9 Å². The third-order valence-electron chi connectivity index (χ3n) is 6.42. The Morgan fingerprint density at radius 3 is 2.63 bits per heavy atom. The van der Waals surface area contributed by atoms with E-state index in [1.807, 2.05) is 0 Å². The van der Waals surface area contributed by atoms with Crippen molar-refractivity contribution in [2.75, 3.05) is 46.0 Å². The molecule has 2 aromatic rings. The minimum Gasteiger partial charge on any atom is -0.507 e. The molecule has 2 saturated heterocycles. The Morgan fingerprint density at radius 1 is 1.23 bits per heavy atom. The van der Waals surface area contributed by atoms with Crippen molar-refractivity contribution in [2.24, 2.45) is 0 Å². The number of hydrogen-bond acceptors (Lipinski definition) is 8. The highest BCUT2D eigenvalue weighted by molar-refractivity contribution is 6.46. The van der Waals surface area contributed by atoms with E-state index in [0.29, 0.717) is 48.8 Å². The van der Waals surface area contributed by atoms with Crippen LogP contribution in [0.3, 0.4) is 0 Å². The highest BCUT2D eigenvalue weighted by atomic mass is 16.5. The van der Waals surface area contributed by atoms with Crippen molar-refractivity contribution < 1.29 is 29.0 Å². The molecule has 1 unspecified atom stereocenters. The molecular formula is C25H30N4O6. The van der Waals surface area contributed by atoms with Crippen LogP contribution in [0.4, 0.5) is 0 Å². The van der Waals surface area contributed by atoms with E-state index in [1.54, 1.807) is 45.2 Å². The number of amides is 1. The zero-order valence-electron chi connectivity index (χ0n) is 20.2. The van der Waals surface area contributed by atoms with Crippen molar-refractivity contribution in [1.82, 2.24) is 19.8 Å². The van der Waals surface area contributed by atoms with Crippen LogP contribution >= 0.6 is 0 Å². The molecule has 0 spiro atoms. The van der Waals surface area contributed by atoms with Crippen LogP contribution in [0.15, 0.2) is 30.0 Å². The van der Waals surface area contributed by atoms with Gasteiger partial charge in [0, 0.05) is 43.6 Å². The molecular weight excluding hydrogens is 452 g/mol. The molecule has 1 amide bonds. The Bertz CT molecular complexity index is 1150. The van der Waals surface area contributed by atoms with Crippen molar-refractivity contribution in [3.05, 3.63) is 58.2 Å². The van der Waals surface area contributed by atoms with Crippen LogP contribution in [0.5, 0.6) is 0 Å². The molecule has 0 aromatic carbocycles. The lowest BCUT2D eigenvalue weighted by Crippen LogP contribution is -2.42. The van der Waals surface area contributed by atoms with Crippen LogP contribution in [0.1, 0.15) is 46.0 Å². The van der Waals surface area contributed by atoms with Gasteiger partial charge in [-0.2, -0.15) is 0 Å². The van der Waals surface area contributed by atoms with Gasteiger partial charge >= 0.3 is 5.97 Å². The lowest BCUT2D eigenvalue weighted by molar-refractivity contribution is -0.140. The zero-order valence-corrected chi connectivity index (χ0v) is 20.2. The van der Waals surface area contributed by atoms with Gasteiger partial charge in [-0.05, 0) is 38.5 Å². The number of nitrogens with zero attached hydrogens (tertiary/aromatic N) is 3. The molecule has 2 N–H and O–H groups in total. The van der Waals surface area contributed by atoms with E-state index >= 15 is 0 Å². The fraction of sp³-hybridized carbons (Fsp3) is 0.440. The molecule has 186 valence electrons. The molecule has 0 aliphatic carbocycles. The summed E-state index contributed by atoms with van der Waals surface area (Å²) in [5.41, 5.74) is 1.87. The maximum Gasteiger partial charge on any atom is 0.355 e. The average molecular weight is 483 g/mol. The number of ether oxygens (including phenoxy) is 2. The minimum atomic E-state index is -0.850. The molecule has 0 bridgehead atoms. The third kappa shape index (κ3) is 4.71. The quantitative estimate of drug-likeness (QED) is 0.266. The number of aromatic amines is 1. The summed E-state index contributed by atoms with van der Waals surface area (Å²) in [7, 11) is 0. The first-order valence-electron chi connectivity index (χ1n) is 11.7. The fourth-order valence-electron chi connectivity index (χ4n) is 4.68. The van der Waals surface area contributed by atoms with E-state index in [1.165, 1.54) is 4.90 Å². The number of rotatable bonds is 7. The van der Waals surface area contributed by atoms with Crippen molar-refractivity contribution in [2.45, 2.75) is 26.8 Å². The summed E-state index contributed by atoms with van der Waals surface area (Å²) in [5, 5.41) is 11.4.